The van der Waals surface area contributed by atoms with Crippen molar-refractivity contribution in [2.75, 3.05) is 0 Å². The average Bonchev–Trinajstić information content (AvgIpc) is 2.38. The smallest absolute Gasteiger partial charge is 0.379 e. The number of hydrogen-bond donors (Lipinski definition) is 3. The molecule has 7 heteroatoms. The van der Waals surface area contributed by atoms with E-state index >= 15 is 0 Å². The summed E-state index contributed by atoms with van der Waals surface area (Å²) in [6.07, 6.45) is 2.64. The van der Waals surface area contributed by atoms with E-state index in [0.717, 1.165) is 18.9 Å². The van der Waals surface area contributed by atoms with Crippen molar-refractivity contribution in [2.45, 2.75) is 64.1 Å². The number of aliphatic hydroxyl groups is 1. The minimum Gasteiger partial charge on any atom is -0.379 e. The zero-order valence-corrected chi connectivity index (χ0v) is 13.0. The molecule has 0 aromatic heterocycles. The molecule has 0 saturated carbocycles. The van der Waals surface area contributed by atoms with Crippen molar-refractivity contribution in [3.05, 3.63) is 12.7 Å². The summed E-state index contributed by atoms with van der Waals surface area (Å²) in [5.41, 5.74) is -1.94. The van der Waals surface area contributed by atoms with Gasteiger partial charge in [-0.25, -0.2) is 4.57 Å². The fourth-order valence-corrected chi connectivity index (χ4v) is 2.61. The van der Waals surface area contributed by atoms with Crippen LogP contribution in [0.15, 0.2) is 12.7 Å². The average molecular weight is 308 g/mol. The maximum Gasteiger partial charge on any atom is 0.469 e. The van der Waals surface area contributed by atoms with Crippen molar-refractivity contribution in [3.63, 3.8) is 0 Å². The number of carbonyl (C=O) groups is 1. The number of phosphoric acid groups is 1. The summed E-state index contributed by atoms with van der Waals surface area (Å²) in [6.45, 7) is 7.13. The van der Waals surface area contributed by atoms with Crippen LogP contribution in [0.1, 0.15) is 52.4 Å². The van der Waals surface area contributed by atoms with Crippen LogP contribution >= 0.6 is 7.82 Å². The molecule has 6 nitrogen and oxygen atoms in total. The molecule has 118 valence electrons. The Morgan fingerprint density at radius 3 is 2.30 bits per heavy atom. The number of unbranched alkanes of at least 4 members (excludes halogenated alkanes) is 2. The van der Waals surface area contributed by atoms with Crippen LogP contribution < -0.4 is 0 Å². The predicted molar refractivity (Wildman–Crippen MR) is 76.1 cm³/mol. The van der Waals surface area contributed by atoms with Crippen molar-refractivity contribution in [3.8, 4) is 0 Å². The zero-order chi connectivity index (χ0) is 15.8. The lowest BCUT2D eigenvalue weighted by Gasteiger charge is -2.34. The molecule has 0 spiro atoms. The third kappa shape index (κ3) is 6.29. The largest absolute Gasteiger partial charge is 0.469 e. The van der Waals surface area contributed by atoms with Gasteiger partial charge in [-0.1, -0.05) is 46.1 Å². The minimum absolute atomic E-state index is 0.0860. The highest BCUT2D eigenvalue weighted by atomic mass is 31.2. The number of rotatable bonds is 11. The fraction of sp³-hybridized carbons (Fsp3) is 0.769. The lowest BCUT2D eigenvalue weighted by Crippen LogP contribution is -2.49. The maximum absolute atomic E-state index is 11.9. The molecule has 0 aliphatic carbocycles. The van der Waals surface area contributed by atoms with Crippen LogP contribution in [-0.2, 0) is 13.9 Å². The monoisotopic (exact) mass is 308 g/mol. The van der Waals surface area contributed by atoms with Crippen LogP contribution in [0.3, 0.4) is 0 Å². The van der Waals surface area contributed by atoms with Crippen LogP contribution in [0.4, 0.5) is 0 Å². The Morgan fingerprint density at radius 1 is 1.35 bits per heavy atom. The first-order valence-electron chi connectivity index (χ1n) is 6.84. The van der Waals surface area contributed by atoms with Gasteiger partial charge in [-0.2, -0.15) is 0 Å². The van der Waals surface area contributed by atoms with Crippen molar-refractivity contribution in [2.24, 2.45) is 0 Å². The molecule has 0 rings (SSSR count). The Bertz CT molecular complexity index is 364. The SMILES string of the molecule is C=CC(=O)C(O)(CCCC)C(CCCC)OP(=O)(O)O. The van der Waals surface area contributed by atoms with E-state index in [0.29, 0.717) is 12.8 Å². The van der Waals surface area contributed by atoms with E-state index in [1.54, 1.807) is 0 Å². The van der Waals surface area contributed by atoms with Crippen molar-refractivity contribution in [1.29, 1.82) is 0 Å². The molecule has 0 saturated heterocycles. The summed E-state index contributed by atoms with van der Waals surface area (Å²) >= 11 is 0. The molecule has 2 unspecified atom stereocenters. The third-order valence-corrected chi connectivity index (χ3v) is 3.67. The standard InChI is InChI=1S/C13H25O6P/c1-4-7-9-12(19-20(16,17)18)13(15,10-8-5-2)11(14)6-3/h6,12,15H,3-5,7-10H2,1-2H3,(H2,16,17,18). The van der Waals surface area contributed by atoms with Crippen LogP contribution in [0.25, 0.3) is 0 Å². The van der Waals surface area contributed by atoms with Gasteiger partial charge >= 0.3 is 7.82 Å². The van der Waals surface area contributed by atoms with E-state index in [-0.39, 0.29) is 12.8 Å². The molecule has 2 atom stereocenters. The molecule has 0 aromatic rings. The lowest BCUT2D eigenvalue weighted by atomic mass is 9.84. The third-order valence-electron chi connectivity index (χ3n) is 3.14. The van der Waals surface area contributed by atoms with E-state index < -0.39 is 25.3 Å². The highest BCUT2D eigenvalue weighted by molar-refractivity contribution is 7.46. The van der Waals surface area contributed by atoms with Gasteiger partial charge in [-0.3, -0.25) is 9.32 Å². The number of phosphoric ester groups is 1. The molecule has 0 aliphatic heterocycles. The van der Waals surface area contributed by atoms with Gasteiger partial charge in [0.05, 0.1) is 0 Å². The Balaban J connectivity index is 5.30. The van der Waals surface area contributed by atoms with E-state index in [4.69, 9.17) is 9.79 Å². The van der Waals surface area contributed by atoms with Gasteiger partial charge in [0, 0.05) is 0 Å². The summed E-state index contributed by atoms with van der Waals surface area (Å²) < 4.78 is 15.7. The van der Waals surface area contributed by atoms with E-state index in [9.17, 15) is 14.5 Å². The Kier molecular flexibility index (Phi) is 8.47. The Hall–Kier alpha value is -0.520. The van der Waals surface area contributed by atoms with Gasteiger partial charge in [-0.15, -0.1) is 0 Å². The molecular formula is C13H25O6P. The summed E-state index contributed by atoms with van der Waals surface area (Å²) in [5, 5.41) is 10.6. The molecule has 3 N–H and O–H groups in total. The molecule has 0 bridgehead atoms. The summed E-state index contributed by atoms with van der Waals surface area (Å²) in [5.74, 6) is -0.666. The number of ketones is 1. The van der Waals surface area contributed by atoms with Crippen molar-refractivity contribution in [1.82, 2.24) is 0 Å². The van der Waals surface area contributed by atoms with Crippen LogP contribution in [-0.4, -0.2) is 32.4 Å². The molecule has 0 aliphatic rings. The van der Waals surface area contributed by atoms with Crippen molar-refractivity contribution >= 4 is 13.6 Å². The van der Waals surface area contributed by atoms with Crippen LogP contribution in [0.5, 0.6) is 0 Å². The van der Waals surface area contributed by atoms with E-state index in [1.165, 1.54) is 0 Å². The summed E-state index contributed by atoms with van der Waals surface area (Å²) in [4.78, 5) is 29.9. The Morgan fingerprint density at radius 2 is 1.90 bits per heavy atom. The molecule has 0 radical (unpaired) electrons. The zero-order valence-electron chi connectivity index (χ0n) is 12.1. The molecular weight excluding hydrogens is 283 g/mol. The predicted octanol–water partition coefficient (Wildman–Crippen LogP) is 2.33. The first-order chi connectivity index (χ1) is 9.21. The van der Waals surface area contributed by atoms with E-state index in [1.807, 2.05) is 13.8 Å². The maximum atomic E-state index is 11.9. The second-order valence-electron chi connectivity index (χ2n) is 4.82. The van der Waals surface area contributed by atoms with Crippen LogP contribution in [0, 0.1) is 0 Å². The molecule has 0 heterocycles. The lowest BCUT2D eigenvalue weighted by molar-refractivity contribution is -0.146. The quantitative estimate of drug-likeness (QED) is 0.400. The summed E-state index contributed by atoms with van der Waals surface area (Å²) in [7, 11) is -4.79. The molecule has 0 amide bonds. The topological polar surface area (TPSA) is 104 Å². The van der Waals surface area contributed by atoms with Gasteiger partial charge in [-0.05, 0) is 18.9 Å². The second kappa shape index (κ2) is 8.70. The minimum atomic E-state index is -4.79. The molecule has 0 aromatic carbocycles. The van der Waals surface area contributed by atoms with Gasteiger partial charge in [0.2, 0.25) is 0 Å². The highest BCUT2D eigenvalue weighted by Crippen LogP contribution is 2.42. The number of hydrogen-bond acceptors (Lipinski definition) is 4. The molecule has 0 fully saturated rings. The fourth-order valence-electron chi connectivity index (χ4n) is 2.00. The second-order valence-corrected chi connectivity index (χ2v) is 6.02. The molecule has 20 heavy (non-hydrogen) atoms. The van der Waals surface area contributed by atoms with Gasteiger partial charge in [0.1, 0.15) is 6.10 Å². The highest BCUT2D eigenvalue weighted by Gasteiger charge is 2.44. The van der Waals surface area contributed by atoms with Gasteiger partial charge in [0.25, 0.3) is 0 Å². The first-order valence-corrected chi connectivity index (χ1v) is 8.37. The van der Waals surface area contributed by atoms with Crippen molar-refractivity contribution < 1.29 is 28.8 Å². The van der Waals surface area contributed by atoms with Gasteiger partial charge in [0.15, 0.2) is 11.4 Å². The normalized spacial score (nSPS) is 16.4. The van der Waals surface area contributed by atoms with Crippen LogP contribution in [0.2, 0.25) is 0 Å². The van der Waals surface area contributed by atoms with E-state index in [2.05, 4.69) is 11.1 Å². The summed E-state index contributed by atoms with van der Waals surface area (Å²) in [6, 6.07) is 0. The number of carbonyl (C=O) groups excluding carboxylic acids is 1. The first kappa shape index (κ1) is 19.5. The van der Waals surface area contributed by atoms with Gasteiger partial charge < -0.3 is 14.9 Å². The Labute approximate surface area is 120 Å².